The standard InChI is InChI=1S/C8H6Cl2F2O/c9-5-8(11,12)13-7-3-1-6(10)2-4-7/h1-4H,5H2. The summed E-state index contributed by atoms with van der Waals surface area (Å²) in [6.45, 7) is 0. The van der Waals surface area contributed by atoms with Gasteiger partial charge in [-0.1, -0.05) is 11.6 Å². The third-order valence-corrected chi connectivity index (χ3v) is 1.80. The molecule has 13 heavy (non-hydrogen) atoms. The second kappa shape index (κ2) is 4.11. The lowest BCUT2D eigenvalue weighted by atomic mass is 10.3. The Bertz CT molecular complexity index is 274. The summed E-state index contributed by atoms with van der Waals surface area (Å²) < 4.78 is 29.4. The summed E-state index contributed by atoms with van der Waals surface area (Å²) in [6, 6.07) is 5.62. The van der Waals surface area contributed by atoms with Gasteiger partial charge in [-0.2, -0.15) is 8.78 Å². The molecule has 1 aromatic rings. The fourth-order valence-electron chi connectivity index (χ4n) is 0.702. The van der Waals surface area contributed by atoms with Gasteiger partial charge in [-0.15, -0.1) is 11.6 Å². The van der Waals surface area contributed by atoms with Crippen molar-refractivity contribution in [2.24, 2.45) is 0 Å². The number of hydrogen-bond acceptors (Lipinski definition) is 1. The van der Waals surface area contributed by atoms with Crippen LogP contribution in [0.3, 0.4) is 0 Å². The summed E-state index contributed by atoms with van der Waals surface area (Å²) in [5.74, 6) is -0.842. The Morgan fingerprint density at radius 2 is 1.77 bits per heavy atom. The minimum atomic E-state index is -3.34. The van der Waals surface area contributed by atoms with Gasteiger partial charge in [0, 0.05) is 5.02 Å². The maximum Gasteiger partial charge on any atom is 0.411 e. The van der Waals surface area contributed by atoms with E-state index in [1.165, 1.54) is 24.3 Å². The Kier molecular flexibility index (Phi) is 3.33. The molecule has 0 spiro atoms. The van der Waals surface area contributed by atoms with Crippen LogP contribution in [-0.2, 0) is 0 Å². The molecule has 0 N–H and O–H groups in total. The quantitative estimate of drug-likeness (QED) is 0.717. The molecule has 1 aromatic carbocycles. The molecule has 0 aliphatic heterocycles. The molecule has 72 valence electrons. The van der Waals surface area contributed by atoms with E-state index >= 15 is 0 Å². The molecule has 0 bridgehead atoms. The minimum absolute atomic E-state index is 0.0371. The molecule has 0 saturated heterocycles. The smallest absolute Gasteiger partial charge is 0.411 e. The number of halogens is 4. The molecule has 0 saturated carbocycles. The van der Waals surface area contributed by atoms with Crippen molar-refractivity contribution in [1.29, 1.82) is 0 Å². The van der Waals surface area contributed by atoms with E-state index in [9.17, 15) is 8.78 Å². The largest absolute Gasteiger partial charge is 0.432 e. The molecular formula is C8H6Cl2F2O. The molecule has 0 aromatic heterocycles. The van der Waals surface area contributed by atoms with Crippen LogP contribution in [0.1, 0.15) is 0 Å². The Hall–Kier alpha value is -0.540. The first-order chi connectivity index (χ1) is 6.03. The zero-order valence-electron chi connectivity index (χ0n) is 6.44. The normalized spacial score (nSPS) is 11.4. The van der Waals surface area contributed by atoms with Crippen LogP contribution in [0.15, 0.2) is 24.3 Å². The van der Waals surface area contributed by atoms with Gasteiger partial charge in [0.2, 0.25) is 0 Å². The molecule has 0 fully saturated rings. The zero-order chi connectivity index (χ0) is 9.90. The maximum absolute atomic E-state index is 12.6. The predicted molar refractivity (Wildman–Crippen MR) is 47.7 cm³/mol. The van der Waals surface area contributed by atoms with Crippen molar-refractivity contribution in [3.05, 3.63) is 29.3 Å². The van der Waals surface area contributed by atoms with E-state index in [-0.39, 0.29) is 5.75 Å². The van der Waals surface area contributed by atoms with Crippen molar-refractivity contribution in [1.82, 2.24) is 0 Å². The van der Waals surface area contributed by atoms with Gasteiger partial charge in [0.15, 0.2) is 0 Å². The van der Waals surface area contributed by atoms with Crippen LogP contribution in [0, 0.1) is 0 Å². The predicted octanol–water partition coefficient (Wildman–Crippen LogP) is 3.55. The molecule has 0 radical (unpaired) electrons. The van der Waals surface area contributed by atoms with Crippen molar-refractivity contribution < 1.29 is 13.5 Å². The molecule has 0 aliphatic carbocycles. The fourth-order valence-corrected chi connectivity index (χ4v) is 0.883. The van der Waals surface area contributed by atoms with Gasteiger partial charge in [0.1, 0.15) is 11.6 Å². The highest BCUT2D eigenvalue weighted by atomic mass is 35.5. The van der Waals surface area contributed by atoms with E-state index in [4.69, 9.17) is 23.2 Å². The number of ether oxygens (including phenoxy) is 1. The highest BCUT2D eigenvalue weighted by molar-refractivity contribution is 6.30. The van der Waals surface area contributed by atoms with Crippen LogP contribution in [0.5, 0.6) is 5.75 Å². The summed E-state index contributed by atoms with van der Waals surface area (Å²) in [5, 5.41) is 0.460. The summed E-state index contributed by atoms with van der Waals surface area (Å²) in [7, 11) is 0. The number of benzene rings is 1. The summed E-state index contributed by atoms with van der Waals surface area (Å²) in [6.07, 6.45) is -3.34. The second-order valence-corrected chi connectivity index (χ2v) is 3.03. The van der Waals surface area contributed by atoms with Gasteiger partial charge in [0.05, 0.1) is 0 Å². The molecule has 0 aliphatic rings. The van der Waals surface area contributed by atoms with Gasteiger partial charge in [-0.3, -0.25) is 0 Å². The molecule has 1 rings (SSSR count). The molecular weight excluding hydrogens is 221 g/mol. The van der Waals surface area contributed by atoms with Gasteiger partial charge >= 0.3 is 6.11 Å². The van der Waals surface area contributed by atoms with Crippen LogP contribution in [-0.4, -0.2) is 12.0 Å². The van der Waals surface area contributed by atoms with Crippen LogP contribution in [0.2, 0.25) is 5.02 Å². The SMILES string of the molecule is FC(F)(CCl)Oc1ccc(Cl)cc1. The third-order valence-electron chi connectivity index (χ3n) is 1.24. The minimum Gasteiger partial charge on any atom is -0.432 e. The molecule has 0 atom stereocenters. The lowest BCUT2D eigenvalue weighted by Crippen LogP contribution is -2.26. The first-order valence-corrected chi connectivity index (χ1v) is 4.33. The van der Waals surface area contributed by atoms with Crippen LogP contribution in [0.25, 0.3) is 0 Å². The van der Waals surface area contributed by atoms with E-state index in [2.05, 4.69) is 4.74 Å². The highest BCUT2D eigenvalue weighted by Crippen LogP contribution is 2.23. The van der Waals surface area contributed by atoms with E-state index in [0.29, 0.717) is 5.02 Å². The van der Waals surface area contributed by atoms with Crippen molar-refractivity contribution in [3.63, 3.8) is 0 Å². The van der Waals surface area contributed by atoms with E-state index in [1.807, 2.05) is 0 Å². The fraction of sp³-hybridized carbons (Fsp3) is 0.250. The number of alkyl halides is 3. The topological polar surface area (TPSA) is 9.23 Å². The van der Waals surface area contributed by atoms with Crippen LogP contribution < -0.4 is 4.74 Å². The average Bonchev–Trinajstić information content (AvgIpc) is 2.09. The number of rotatable bonds is 3. The van der Waals surface area contributed by atoms with Crippen molar-refractivity contribution in [3.8, 4) is 5.75 Å². The second-order valence-electron chi connectivity index (χ2n) is 2.33. The Labute approximate surface area is 84.2 Å². The molecule has 0 amide bonds. The van der Waals surface area contributed by atoms with E-state index in [1.54, 1.807) is 0 Å². The van der Waals surface area contributed by atoms with Gasteiger partial charge in [-0.05, 0) is 24.3 Å². The molecule has 1 nitrogen and oxygen atoms in total. The lowest BCUT2D eigenvalue weighted by Gasteiger charge is -2.14. The Morgan fingerprint density at radius 3 is 2.23 bits per heavy atom. The zero-order valence-corrected chi connectivity index (χ0v) is 7.95. The van der Waals surface area contributed by atoms with Crippen molar-refractivity contribution in [2.75, 3.05) is 5.88 Å². The van der Waals surface area contributed by atoms with Gasteiger partial charge < -0.3 is 4.74 Å². The average molecular weight is 227 g/mol. The highest BCUT2D eigenvalue weighted by Gasteiger charge is 2.29. The van der Waals surface area contributed by atoms with E-state index < -0.39 is 12.0 Å². The first kappa shape index (κ1) is 10.5. The third kappa shape index (κ3) is 3.36. The maximum atomic E-state index is 12.6. The molecule has 0 heterocycles. The van der Waals surface area contributed by atoms with Crippen molar-refractivity contribution >= 4 is 23.2 Å². The van der Waals surface area contributed by atoms with Gasteiger partial charge in [0.25, 0.3) is 0 Å². The number of hydrogen-bond donors (Lipinski definition) is 0. The summed E-state index contributed by atoms with van der Waals surface area (Å²) in [4.78, 5) is 0. The summed E-state index contributed by atoms with van der Waals surface area (Å²) >= 11 is 10.5. The molecule has 5 heteroatoms. The van der Waals surface area contributed by atoms with E-state index in [0.717, 1.165) is 0 Å². The molecule has 0 unspecified atom stereocenters. The Morgan fingerprint density at radius 1 is 1.23 bits per heavy atom. The summed E-state index contributed by atoms with van der Waals surface area (Å²) in [5.41, 5.74) is 0. The monoisotopic (exact) mass is 226 g/mol. The Balaban J connectivity index is 2.69. The van der Waals surface area contributed by atoms with Crippen molar-refractivity contribution in [2.45, 2.75) is 6.11 Å². The lowest BCUT2D eigenvalue weighted by molar-refractivity contribution is -0.155. The van der Waals surface area contributed by atoms with Gasteiger partial charge in [-0.25, -0.2) is 0 Å². The van der Waals surface area contributed by atoms with Crippen LogP contribution >= 0.6 is 23.2 Å². The van der Waals surface area contributed by atoms with Crippen LogP contribution in [0.4, 0.5) is 8.78 Å². The first-order valence-electron chi connectivity index (χ1n) is 3.42.